The van der Waals surface area contributed by atoms with Gasteiger partial charge in [0.25, 0.3) is 0 Å². The molecule has 78 valence electrons. The van der Waals surface area contributed by atoms with Gasteiger partial charge in [-0.2, -0.15) is 0 Å². The van der Waals surface area contributed by atoms with Gasteiger partial charge in [0.05, 0.1) is 6.61 Å². The summed E-state index contributed by atoms with van der Waals surface area (Å²) in [5.41, 5.74) is 0. The van der Waals surface area contributed by atoms with Crippen LogP contribution in [-0.2, 0) is 9.47 Å². The molecule has 0 aromatic rings. The van der Waals surface area contributed by atoms with E-state index < -0.39 is 37.4 Å². The highest BCUT2D eigenvalue weighted by Crippen LogP contribution is 2.23. The lowest BCUT2D eigenvalue weighted by atomic mass is 10.0. The van der Waals surface area contributed by atoms with Crippen LogP contribution in [0.5, 0.6) is 0 Å². The van der Waals surface area contributed by atoms with Crippen molar-refractivity contribution < 1.29 is 29.2 Å². The Hall–Kier alpha value is -0.270. The van der Waals surface area contributed by atoms with E-state index in [2.05, 4.69) is 4.74 Å². The number of hydrogen-bond acceptors (Lipinski definition) is 5. The smallest absolute Gasteiger partial charge is 0.186 e. The van der Waals surface area contributed by atoms with E-state index in [9.17, 15) is 9.50 Å². The molecule has 1 fully saturated rings. The molecular formula is C7H13FO5. The molecule has 0 spiro atoms. The zero-order valence-electron chi connectivity index (χ0n) is 7.13. The third-order valence-corrected chi connectivity index (χ3v) is 2.03. The van der Waals surface area contributed by atoms with Crippen LogP contribution in [0, 0.1) is 0 Å². The molecule has 1 aliphatic heterocycles. The molecular weight excluding hydrogens is 182 g/mol. The average molecular weight is 195 g/mol. The van der Waals surface area contributed by atoms with Gasteiger partial charge >= 0.3 is 0 Å². The molecule has 0 saturated carbocycles. The Labute approximate surface area is 74.7 Å². The summed E-state index contributed by atoms with van der Waals surface area (Å²) in [5, 5.41) is 27.0. The Morgan fingerprint density at radius 2 is 2.00 bits per heavy atom. The van der Waals surface area contributed by atoms with E-state index >= 15 is 0 Å². The second kappa shape index (κ2) is 4.30. The third kappa shape index (κ3) is 1.97. The molecule has 1 aliphatic rings. The van der Waals surface area contributed by atoms with Crippen molar-refractivity contribution in [1.82, 2.24) is 0 Å². The number of ether oxygens (including phenoxy) is 2. The summed E-state index contributed by atoms with van der Waals surface area (Å²) in [7, 11) is 1.26. The lowest BCUT2D eigenvalue weighted by Crippen LogP contribution is -2.57. The van der Waals surface area contributed by atoms with Crippen LogP contribution in [0.2, 0.25) is 0 Å². The van der Waals surface area contributed by atoms with Gasteiger partial charge in [0.1, 0.15) is 18.3 Å². The summed E-state index contributed by atoms with van der Waals surface area (Å²) >= 11 is 0. The topological polar surface area (TPSA) is 79.2 Å². The van der Waals surface area contributed by atoms with E-state index in [1.807, 2.05) is 0 Å². The first-order chi connectivity index (χ1) is 6.11. The predicted octanol–water partition coefficient (Wildman–Crippen LogP) is -1.59. The van der Waals surface area contributed by atoms with E-state index in [1.54, 1.807) is 0 Å². The summed E-state index contributed by atoms with van der Waals surface area (Å²) in [4.78, 5) is 0. The maximum absolute atomic E-state index is 13.1. The fraction of sp³-hybridized carbons (Fsp3) is 1.00. The first kappa shape index (κ1) is 10.8. The largest absolute Gasteiger partial charge is 0.394 e. The number of rotatable bonds is 2. The molecule has 1 heterocycles. The SMILES string of the molecule is COC1O[C@H](CO)[C@@H]([18F])[C@H](O)[C@H]1O. The van der Waals surface area contributed by atoms with Crippen LogP contribution in [0.25, 0.3) is 0 Å². The highest BCUT2D eigenvalue weighted by atomic mass is 18.2. The molecule has 5 nitrogen and oxygen atoms in total. The van der Waals surface area contributed by atoms with Crippen molar-refractivity contribution in [3.63, 3.8) is 0 Å². The zero-order valence-corrected chi connectivity index (χ0v) is 7.13. The van der Waals surface area contributed by atoms with E-state index in [0.717, 1.165) is 0 Å². The van der Waals surface area contributed by atoms with E-state index in [-0.39, 0.29) is 0 Å². The number of aliphatic hydroxyl groups is 3. The molecule has 1 saturated heterocycles. The van der Waals surface area contributed by atoms with Crippen molar-refractivity contribution in [3.05, 3.63) is 0 Å². The van der Waals surface area contributed by atoms with E-state index in [4.69, 9.17) is 14.9 Å². The van der Waals surface area contributed by atoms with E-state index in [0.29, 0.717) is 0 Å². The number of aliphatic hydroxyl groups excluding tert-OH is 3. The standard InChI is InChI=1S/C7H13FO5/c1-12-7-6(11)5(10)4(8)3(2-9)13-7/h3-7,9-11H,2H2,1H3/t3-,4-,5+,6-,7?/m1/s1/i8-1. The molecule has 0 aromatic carbocycles. The monoisotopic (exact) mass is 195 g/mol. The summed E-state index contributed by atoms with van der Waals surface area (Å²) in [6.45, 7) is -0.565. The van der Waals surface area contributed by atoms with Gasteiger partial charge in [-0.25, -0.2) is 4.39 Å². The van der Waals surface area contributed by atoms with Crippen molar-refractivity contribution in [2.45, 2.75) is 30.8 Å². The molecule has 6 heteroatoms. The molecule has 3 N–H and O–H groups in total. The summed E-state index contributed by atoms with van der Waals surface area (Å²) in [6.07, 6.45) is -7.06. The number of halogens is 1. The highest BCUT2D eigenvalue weighted by molar-refractivity contribution is 4.88. The second-order valence-electron chi connectivity index (χ2n) is 2.89. The maximum Gasteiger partial charge on any atom is 0.186 e. The van der Waals surface area contributed by atoms with Crippen molar-refractivity contribution in [1.29, 1.82) is 0 Å². The molecule has 0 aromatic heterocycles. The molecule has 0 radical (unpaired) electrons. The lowest BCUT2D eigenvalue weighted by molar-refractivity contribution is -0.283. The van der Waals surface area contributed by atoms with Gasteiger partial charge in [0.15, 0.2) is 12.5 Å². The third-order valence-electron chi connectivity index (χ3n) is 2.03. The maximum atomic E-state index is 13.1. The van der Waals surface area contributed by atoms with Crippen LogP contribution in [0.15, 0.2) is 0 Å². The van der Waals surface area contributed by atoms with Crippen molar-refractivity contribution >= 4 is 0 Å². The fourth-order valence-electron chi connectivity index (χ4n) is 1.24. The van der Waals surface area contributed by atoms with Gasteiger partial charge in [-0.1, -0.05) is 0 Å². The van der Waals surface area contributed by atoms with E-state index in [1.165, 1.54) is 7.11 Å². The summed E-state index contributed by atoms with van der Waals surface area (Å²) < 4.78 is 22.5. The van der Waals surface area contributed by atoms with Gasteiger partial charge < -0.3 is 24.8 Å². The normalized spacial score (nSPS) is 46.4. The Morgan fingerprint density at radius 1 is 1.38 bits per heavy atom. The van der Waals surface area contributed by atoms with Gasteiger partial charge in [0, 0.05) is 7.11 Å². The predicted molar refractivity (Wildman–Crippen MR) is 39.7 cm³/mol. The lowest BCUT2D eigenvalue weighted by Gasteiger charge is -2.37. The van der Waals surface area contributed by atoms with Crippen molar-refractivity contribution in [2.24, 2.45) is 0 Å². The first-order valence-corrected chi connectivity index (χ1v) is 3.91. The average Bonchev–Trinajstić information content (AvgIpc) is 2.15. The number of methoxy groups -OCH3 is 1. The molecule has 5 atom stereocenters. The summed E-state index contributed by atoms with van der Waals surface area (Å²) in [5.74, 6) is 0. The van der Waals surface area contributed by atoms with Gasteiger partial charge in [-0.05, 0) is 0 Å². The fourth-order valence-corrected chi connectivity index (χ4v) is 1.24. The van der Waals surface area contributed by atoms with Crippen LogP contribution in [0.1, 0.15) is 0 Å². The van der Waals surface area contributed by atoms with Gasteiger partial charge in [0.2, 0.25) is 0 Å². The Morgan fingerprint density at radius 3 is 2.46 bits per heavy atom. The minimum atomic E-state index is -1.80. The zero-order chi connectivity index (χ0) is 10.0. The molecule has 1 rings (SSSR count). The number of alkyl halides is 1. The summed E-state index contributed by atoms with van der Waals surface area (Å²) in [6, 6.07) is 0. The minimum absolute atomic E-state index is 0.565. The van der Waals surface area contributed by atoms with Crippen LogP contribution < -0.4 is 0 Å². The first-order valence-electron chi connectivity index (χ1n) is 3.91. The Bertz CT molecular complexity index is 147. The van der Waals surface area contributed by atoms with Gasteiger partial charge in [-0.3, -0.25) is 0 Å². The molecule has 0 bridgehead atoms. The van der Waals surface area contributed by atoms with Crippen LogP contribution in [-0.4, -0.2) is 59.8 Å². The van der Waals surface area contributed by atoms with Crippen LogP contribution >= 0.6 is 0 Å². The number of hydrogen-bond donors (Lipinski definition) is 3. The van der Waals surface area contributed by atoms with Crippen molar-refractivity contribution in [3.8, 4) is 0 Å². The highest BCUT2D eigenvalue weighted by Gasteiger charge is 2.44. The van der Waals surface area contributed by atoms with Crippen molar-refractivity contribution in [2.75, 3.05) is 13.7 Å². The molecule has 1 unspecified atom stereocenters. The molecule has 0 aliphatic carbocycles. The second-order valence-corrected chi connectivity index (χ2v) is 2.89. The Balaban J connectivity index is 2.66. The van der Waals surface area contributed by atoms with Crippen LogP contribution in [0.4, 0.5) is 4.39 Å². The van der Waals surface area contributed by atoms with Gasteiger partial charge in [-0.15, -0.1) is 0 Å². The Kier molecular flexibility index (Phi) is 3.57. The molecule has 0 amide bonds. The quantitative estimate of drug-likeness (QED) is 0.495. The molecule has 13 heavy (non-hydrogen) atoms. The van der Waals surface area contributed by atoms with Crippen LogP contribution in [0.3, 0.4) is 0 Å². The minimum Gasteiger partial charge on any atom is -0.394 e.